The zero-order valence-electron chi connectivity index (χ0n) is 14.0. The van der Waals surface area contributed by atoms with Gasteiger partial charge in [-0.05, 0) is 42.9 Å². The van der Waals surface area contributed by atoms with E-state index in [2.05, 4.69) is 28.8 Å². The summed E-state index contributed by atoms with van der Waals surface area (Å²) < 4.78 is 0. The van der Waals surface area contributed by atoms with Crippen LogP contribution < -0.4 is 5.69 Å². The number of carbonyl (C=O) groups is 1. The first-order valence-electron chi connectivity index (χ1n) is 8.35. The third kappa shape index (κ3) is 3.53. The molecule has 1 unspecified atom stereocenters. The Morgan fingerprint density at radius 3 is 3.00 bits per heavy atom. The Bertz CT molecular complexity index is 770. The highest BCUT2D eigenvalue weighted by Crippen LogP contribution is 2.32. The predicted molar refractivity (Wildman–Crippen MR) is 90.6 cm³/mol. The molecule has 0 radical (unpaired) electrons. The van der Waals surface area contributed by atoms with Crippen LogP contribution in [0.2, 0.25) is 0 Å². The molecule has 0 aromatic carbocycles. The quantitative estimate of drug-likeness (QED) is 0.935. The fourth-order valence-electron chi connectivity index (χ4n) is 3.24. The summed E-state index contributed by atoms with van der Waals surface area (Å²) in [6.45, 7) is 4.81. The molecule has 1 aliphatic rings. The van der Waals surface area contributed by atoms with E-state index in [4.69, 9.17) is 0 Å². The van der Waals surface area contributed by atoms with Gasteiger partial charge in [0.1, 0.15) is 5.69 Å². The number of hydrogen-bond donors (Lipinski definition) is 1. The van der Waals surface area contributed by atoms with Gasteiger partial charge in [-0.3, -0.25) is 9.78 Å². The van der Waals surface area contributed by atoms with Crippen molar-refractivity contribution in [2.45, 2.75) is 39.2 Å². The molecule has 2 aromatic heterocycles. The number of aromatic nitrogens is 3. The van der Waals surface area contributed by atoms with Gasteiger partial charge in [-0.2, -0.15) is 4.98 Å². The number of nitrogens with zero attached hydrogens (tertiary/aromatic N) is 3. The second-order valence-electron chi connectivity index (χ2n) is 6.64. The topological polar surface area (TPSA) is 79.0 Å². The average molecular weight is 326 g/mol. The molecule has 0 bridgehead atoms. The van der Waals surface area contributed by atoms with Gasteiger partial charge in [0.05, 0.1) is 6.04 Å². The summed E-state index contributed by atoms with van der Waals surface area (Å²) in [5, 5.41) is 0. The second-order valence-corrected chi connectivity index (χ2v) is 6.64. The standard InChI is InChI=1S/C18H22N4O2/c1-12(2)9-14-10-15(21-18(24)20-14)17(23)22-8-4-6-16(22)13-5-3-7-19-11-13/h3,5,7,10-12,16H,4,6,8-9H2,1-2H3,(H,20,21,24). The van der Waals surface area contributed by atoms with Crippen LogP contribution >= 0.6 is 0 Å². The average Bonchev–Trinajstić information content (AvgIpc) is 3.03. The largest absolute Gasteiger partial charge is 0.345 e. The Balaban J connectivity index is 1.88. The Kier molecular flexibility index (Phi) is 4.74. The molecule has 2 aromatic rings. The number of H-pyrrole nitrogens is 1. The van der Waals surface area contributed by atoms with Crippen molar-refractivity contribution in [1.29, 1.82) is 0 Å². The summed E-state index contributed by atoms with van der Waals surface area (Å²) in [6, 6.07) is 5.57. The number of pyridine rings is 1. The van der Waals surface area contributed by atoms with Crippen LogP contribution in [0, 0.1) is 5.92 Å². The van der Waals surface area contributed by atoms with E-state index in [0.29, 0.717) is 18.9 Å². The van der Waals surface area contributed by atoms with Gasteiger partial charge in [0.25, 0.3) is 5.91 Å². The first-order chi connectivity index (χ1) is 11.5. The molecule has 1 fully saturated rings. The highest BCUT2D eigenvalue weighted by Gasteiger charge is 2.31. The van der Waals surface area contributed by atoms with Gasteiger partial charge in [0.15, 0.2) is 0 Å². The molecule has 1 saturated heterocycles. The molecule has 0 aliphatic carbocycles. The summed E-state index contributed by atoms with van der Waals surface area (Å²) in [4.78, 5) is 37.3. The molecular formula is C18H22N4O2. The maximum absolute atomic E-state index is 12.9. The van der Waals surface area contributed by atoms with Crippen LogP contribution in [0.1, 0.15) is 54.5 Å². The van der Waals surface area contributed by atoms with Crippen LogP contribution in [0.15, 0.2) is 35.4 Å². The molecule has 3 rings (SSSR count). The van der Waals surface area contributed by atoms with Crippen molar-refractivity contribution in [2.75, 3.05) is 6.54 Å². The fourth-order valence-corrected chi connectivity index (χ4v) is 3.24. The summed E-state index contributed by atoms with van der Waals surface area (Å²) in [7, 11) is 0. The first-order valence-corrected chi connectivity index (χ1v) is 8.35. The predicted octanol–water partition coefficient (Wildman–Crippen LogP) is 2.34. The molecule has 6 nitrogen and oxygen atoms in total. The number of nitrogens with one attached hydrogen (secondary N) is 1. The molecule has 24 heavy (non-hydrogen) atoms. The lowest BCUT2D eigenvalue weighted by Crippen LogP contribution is -2.33. The lowest BCUT2D eigenvalue weighted by atomic mass is 10.1. The fraction of sp³-hybridized carbons (Fsp3) is 0.444. The van der Waals surface area contributed by atoms with Crippen LogP contribution in [0.5, 0.6) is 0 Å². The van der Waals surface area contributed by atoms with Gasteiger partial charge in [0, 0.05) is 24.6 Å². The van der Waals surface area contributed by atoms with Crippen LogP contribution in [0.25, 0.3) is 0 Å². The van der Waals surface area contributed by atoms with E-state index in [1.54, 1.807) is 23.4 Å². The van der Waals surface area contributed by atoms with Gasteiger partial charge in [0.2, 0.25) is 0 Å². The molecule has 126 valence electrons. The van der Waals surface area contributed by atoms with Crippen LogP contribution in [-0.2, 0) is 6.42 Å². The monoisotopic (exact) mass is 326 g/mol. The SMILES string of the molecule is CC(C)Cc1cc(C(=O)N2CCCC2c2cccnc2)nc(=O)[nH]1. The van der Waals surface area contributed by atoms with Crippen molar-refractivity contribution in [1.82, 2.24) is 19.9 Å². The second kappa shape index (κ2) is 6.95. The highest BCUT2D eigenvalue weighted by molar-refractivity contribution is 5.92. The Morgan fingerprint density at radius 2 is 2.29 bits per heavy atom. The highest BCUT2D eigenvalue weighted by atomic mass is 16.2. The van der Waals surface area contributed by atoms with Crippen molar-refractivity contribution in [3.05, 3.63) is 58.0 Å². The van der Waals surface area contributed by atoms with Gasteiger partial charge in [-0.1, -0.05) is 19.9 Å². The minimum Gasteiger partial charge on any atom is -0.330 e. The minimum atomic E-state index is -0.464. The number of carbonyl (C=O) groups excluding carboxylic acids is 1. The van der Waals surface area contributed by atoms with Crippen molar-refractivity contribution in [3.8, 4) is 0 Å². The van der Waals surface area contributed by atoms with E-state index in [1.807, 2.05) is 12.1 Å². The van der Waals surface area contributed by atoms with Gasteiger partial charge in [-0.25, -0.2) is 4.79 Å². The normalized spacial score (nSPS) is 17.5. The van der Waals surface area contributed by atoms with Crippen LogP contribution in [0.3, 0.4) is 0 Å². The van der Waals surface area contributed by atoms with Crippen LogP contribution in [0.4, 0.5) is 0 Å². The third-order valence-electron chi connectivity index (χ3n) is 4.23. The lowest BCUT2D eigenvalue weighted by molar-refractivity contribution is 0.0728. The molecule has 0 saturated carbocycles. The maximum atomic E-state index is 12.9. The van der Waals surface area contributed by atoms with E-state index in [9.17, 15) is 9.59 Å². The molecule has 1 N–H and O–H groups in total. The number of amides is 1. The number of likely N-dealkylation sites (tertiary alicyclic amines) is 1. The third-order valence-corrected chi connectivity index (χ3v) is 4.23. The van der Waals surface area contributed by atoms with Crippen molar-refractivity contribution < 1.29 is 4.79 Å². The number of rotatable bonds is 4. The summed E-state index contributed by atoms with van der Waals surface area (Å²) in [5.41, 5.74) is 1.54. The van der Waals surface area contributed by atoms with Crippen LogP contribution in [-0.4, -0.2) is 32.3 Å². The van der Waals surface area contributed by atoms with E-state index in [1.165, 1.54) is 0 Å². The summed E-state index contributed by atoms with van der Waals surface area (Å²) >= 11 is 0. The van der Waals surface area contributed by atoms with Crippen molar-refractivity contribution >= 4 is 5.91 Å². The molecule has 1 aliphatic heterocycles. The smallest absolute Gasteiger partial charge is 0.330 e. The number of aromatic amines is 1. The number of hydrogen-bond acceptors (Lipinski definition) is 4. The zero-order chi connectivity index (χ0) is 17.1. The molecule has 1 atom stereocenters. The summed E-state index contributed by atoms with van der Waals surface area (Å²) in [5.74, 6) is 0.207. The molecular weight excluding hydrogens is 304 g/mol. The van der Waals surface area contributed by atoms with E-state index >= 15 is 0 Å². The molecule has 1 amide bonds. The molecule has 6 heteroatoms. The Morgan fingerprint density at radius 1 is 1.46 bits per heavy atom. The van der Waals surface area contributed by atoms with Crippen molar-refractivity contribution in [3.63, 3.8) is 0 Å². The lowest BCUT2D eigenvalue weighted by Gasteiger charge is -2.24. The van der Waals surface area contributed by atoms with Gasteiger partial charge >= 0.3 is 5.69 Å². The Labute approximate surface area is 141 Å². The zero-order valence-corrected chi connectivity index (χ0v) is 14.0. The van der Waals surface area contributed by atoms with E-state index < -0.39 is 5.69 Å². The minimum absolute atomic E-state index is 0.000775. The Hall–Kier alpha value is -2.50. The molecule has 3 heterocycles. The molecule has 0 spiro atoms. The summed E-state index contributed by atoms with van der Waals surface area (Å²) in [6.07, 6.45) is 6.07. The maximum Gasteiger partial charge on any atom is 0.345 e. The van der Waals surface area contributed by atoms with Gasteiger partial charge < -0.3 is 9.88 Å². The van der Waals surface area contributed by atoms with Gasteiger partial charge in [-0.15, -0.1) is 0 Å². The van der Waals surface area contributed by atoms with E-state index in [-0.39, 0.29) is 17.6 Å². The first kappa shape index (κ1) is 16.4. The van der Waals surface area contributed by atoms with E-state index in [0.717, 1.165) is 24.1 Å². The van der Waals surface area contributed by atoms with Crippen molar-refractivity contribution in [2.24, 2.45) is 5.92 Å².